The van der Waals surface area contributed by atoms with Crippen LogP contribution in [0.3, 0.4) is 0 Å². The average molecular weight is 423 g/mol. The number of halogens is 1. The molecule has 2 aromatic carbocycles. The molecular weight excluding hydrogens is 396 g/mol. The Bertz CT molecular complexity index is 1050. The summed E-state index contributed by atoms with van der Waals surface area (Å²) in [5.41, 5.74) is 3.88. The van der Waals surface area contributed by atoms with Gasteiger partial charge in [0.15, 0.2) is 5.78 Å². The fourth-order valence-electron chi connectivity index (χ4n) is 4.50. The van der Waals surface area contributed by atoms with Crippen LogP contribution < -0.4 is 10.2 Å². The molecule has 2 aliphatic rings. The monoisotopic (exact) mass is 422 g/mol. The molecule has 1 aliphatic heterocycles. The van der Waals surface area contributed by atoms with Crippen LogP contribution in [0.2, 0.25) is 5.02 Å². The van der Waals surface area contributed by atoms with Gasteiger partial charge < -0.3 is 5.32 Å². The van der Waals surface area contributed by atoms with Crippen molar-refractivity contribution in [3.05, 3.63) is 70.4 Å². The maximum atomic E-state index is 13.5. The minimum atomic E-state index is -0.520. The average Bonchev–Trinajstić information content (AvgIpc) is 2.80. The van der Waals surface area contributed by atoms with Crippen molar-refractivity contribution >= 4 is 34.7 Å². The Hall–Kier alpha value is -2.59. The Labute approximate surface area is 182 Å². The second-order valence-electron chi connectivity index (χ2n) is 9.30. The Morgan fingerprint density at radius 1 is 1.13 bits per heavy atom. The fourth-order valence-corrected chi connectivity index (χ4v) is 4.70. The van der Waals surface area contributed by atoms with E-state index in [2.05, 4.69) is 19.2 Å². The van der Waals surface area contributed by atoms with E-state index in [-0.39, 0.29) is 23.0 Å². The first-order chi connectivity index (χ1) is 14.2. The van der Waals surface area contributed by atoms with E-state index >= 15 is 0 Å². The SMILES string of the molecule is CC(C)C(=O)N1c2ccccc2NC2=C(C(=O)CC(C)(C)C2)[C@H]1c1cccc(Cl)c1. The molecule has 1 heterocycles. The Morgan fingerprint density at radius 2 is 1.87 bits per heavy atom. The van der Waals surface area contributed by atoms with Crippen molar-refractivity contribution in [2.45, 2.75) is 46.6 Å². The lowest BCUT2D eigenvalue weighted by molar-refractivity contribution is -0.122. The van der Waals surface area contributed by atoms with Crippen molar-refractivity contribution in [3.8, 4) is 0 Å². The molecule has 0 unspecified atom stereocenters. The molecule has 0 bridgehead atoms. The zero-order valence-electron chi connectivity index (χ0n) is 17.8. The number of para-hydroxylation sites is 2. The maximum absolute atomic E-state index is 13.5. The lowest BCUT2D eigenvalue weighted by Gasteiger charge is -2.37. The number of benzene rings is 2. The number of hydrogen-bond donors (Lipinski definition) is 1. The van der Waals surface area contributed by atoms with E-state index in [4.69, 9.17) is 11.6 Å². The zero-order chi connectivity index (χ0) is 21.6. The highest BCUT2D eigenvalue weighted by Crippen LogP contribution is 2.48. The summed E-state index contributed by atoms with van der Waals surface area (Å²) in [5, 5.41) is 4.10. The van der Waals surface area contributed by atoms with Gasteiger partial charge in [-0.2, -0.15) is 0 Å². The summed E-state index contributed by atoms with van der Waals surface area (Å²) in [5.74, 6) is -0.175. The van der Waals surface area contributed by atoms with E-state index in [9.17, 15) is 9.59 Å². The quantitative estimate of drug-likeness (QED) is 0.632. The van der Waals surface area contributed by atoms with Gasteiger partial charge in [0.25, 0.3) is 0 Å². The number of hydrogen-bond acceptors (Lipinski definition) is 3. The topological polar surface area (TPSA) is 49.4 Å². The van der Waals surface area contributed by atoms with Gasteiger partial charge in [0, 0.05) is 28.6 Å². The third-order valence-corrected chi connectivity index (χ3v) is 6.03. The van der Waals surface area contributed by atoms with Crippen molar-refractivity contribution < 1.29 is 9.59 Å². The van der Waals surface area contributed by atoms with Crippen LogP contribution in [0, 0.1) is 11.3 Å². The first-order valence-electron chi connectivity index (χ1n) is 10.4. The predicted molar refractivity (Wildman–Crippen MR) is 122 cm³/mol. The number of allylic oxidation sites excluding steroid dienone is 1. The van der Waals surface area contributed by atoms with Crippen LogP contribution in [0.4, 0.5) is 11.4 Å². The minimum absolute atomic E-state index is 0.0272. The molecular formula is C25H27ClN2O2. The van der Waals surface area contributed by atoms with Gasteiger partial charge >= 0.3 is 0 Å². The van der Waals surface area contributed by atoms with Gasteiger partial charge in [-0.3, -0.25) is 14.5 Å². The number of nitrogens with one attached hydrogen (secondary N) is 1. The smallest absolute Gasteiger partial charge is 0.230 e. The summed E-state index contributed by atoms with van der Waals surface area (Å²) in [7, 11) is 0. The summed E-state index contributed by atoms with van der Waals surface area (Å²) in [6.07, 6.45) is 1.19. The van der Waals surface area contributed by atoms with E-state index in [0.29, 0.717) is 17.0 Å². The second-order valence-corrected chi connectivity index (χ2v) is 9.73. The van der Waals surface area contributed by atoms with Crippen LogP contribution in [0.1, 0.15) is 52.1 Å². The Balaban J connectivity index is 2.03. The molecule has 0 fully saturated rings. The van der Waals surface area contributed by atoms with E-state index in [1.807, 2.05) is 62.4 Å². The van der Waals surface area contributed by atoms with Gasteiger partial charge in [0.05, 0.1) is 17.4 Å². The first-order valence-corrected chi connectivity index (χ1v) is 10.8. The van der Waals surface area contributed by atoms with Crippen molar-refractivity contribution in [1.29, 1.82) is 0 Å². The number of carbonyl (C=O) groups is 2. The molecule has 1 N–H and O–H groups in total. The number of Topliss-reactive ketones (excluding diaryl/α,β-unsaturated/α-hetero) is 1. The van der Waals surface area contributed by atoms with Gasteiger partial charge in [-0.15, -0.1) is 0 Å². The van der Waals surface area contributed by atoms with Crippen molar-refractivity contribution in [2.24, 2.45) is 11.3 Å². The molecule has 1 atom stereocenters. The number of ketones is 1. The second kappa shape index (κ2) is 7.59. The van der Waals surface area contributed by atoms with Crippen LogP contribution in [0.15, 0.2) is 59.8 Å². The van der Waals surface area contributed by atoms with Gasteiger partial charge in [-0.05, 0) is 41.7 Å². The first kappa shape index (κ1) is 20.7. The highest BCUT2D eigenvalue weighted by atomic mass is 35.5. The zero-order valence-corrected chi connectivity index (χ0v) is 18.6. The molecule has 4 rings (SSSR count). The maximum Gasteiger partial charge on any atom is 0.230 e. The molecule has 5 heteroatoms. The van der Waals surface area contributed by atoms with E-state index in [1.165, 1.54) is 0 Å². The minimum Gasteiger partial charge on any atom is -0.357 e. The lowest BCUT2D eigenvalue weighted by Crippen LogP contribution is -2.41. The summed E-state index contributed by atoms with van der Waals surface area (Å²) in [4.78, 5) is 28.8. The molecule has 0 saturated carbocycles. The van der Waals surface area contributed by atoms with Gasteiger partial charge in [0.2, 0.25) is 5.91 Å². The summed E-state index contributed by atoms with van der Waals surface area (Å²) >= 11 is 6.33. The number of rotatable bonds is 2. The number of amides is 1. The van der Waals surface area contributed by atoms with Crippen LogP contribution in [0.5, 0.6) is 0 Å². The van der Waals surface area contributed by atoms with Gasteiger partial charge in [-0.1, -0.05) is 63.6 Å². The van der Waals surface area contributed by atoms with Gasteiger partial charge in [-0.25, -0.2) is 0 Å². The van der Waals surface area contributed by atoms with Gasteiger partial charge in [0.1, 0.15) is 0 Å². The molecule has 0 saturated heterocycles. The molecule has 2 aromatic rings. The highest BCUT2D eigenvalue weighted by molar-refractivity contribution is 6.30. The summed E-state index contributed by atoms with van der Waals surface area (Å²) < 4.78 is 0. The molecule has 1 amide bonds. The van der Waals surface area contributed by atoms with Crippen molar-refractivity contribution in [3.63, 3.8) is 0 Å². The highest BCUT2D eigenvalue weighted by Gasteiger charge is 2.43. The molecule has 0 radical (unpaired) electrons. The molecule has 1 aliphatic carbocycles. The lowest BCUT2D eigenvalue weighted by atomic mass is 9.73. The molecule has 30 heavy (non-hydrogen) atoms. The van der Waals surface area contributed by atoms with E-state index in [1.54, 1.807) is 4.90 Å². The van der Waals surface area contributed by atoms with Crippen LogP contribution in [0.25, 0.3) is 0 Å². The normalized spacial score (nSPS) is 20.4. The number of nitrogens with zero attached hydrogens (tertiary/aromatic N) is 1. The number of carbonyl (C=O) groups excluding carboxylic acids is 2. The largest absolute Gasteiger partial charge is 0.357 e. The Kier molecular flexibility index (Phi) is 5.23. The standard InChI is InChI=1S/C25H27ClN2O2/c1-15(2)24(30)28-20-11-6-5-10-18(20)27-19-13-25(3,4)14-21(29)22(19)23(28)16-8-7-9-17(26)12-16/h5-12,15,23,27H,13-14H2,1-4H3/t23-/m1/s1. The predicted octanol–water partition coefficient (Wildman–Crippen LogP) is 6.14. The number of fused-ring (bicyclic) bond motifs is 1. The van der Waals surface area contributed by atoms with E-state index < -0.39 is 6.04 Å². The van der Waals surface area contributed by atoms with E-state index in [0.717, 1.165) is 29.1 Å². The molecule has 0 spiro atoms. The third-order valence-electron chi connectivity index (χ3n) is 5.80. The number of anilines is 2. The molecule has 156 valence electrons. The van der Waals surface area contributed by atoms with Crippen LogP contribution >= 0.6 is 11.6 Å². The Morgan fingerprint density at radius 3 is 2.57 bits per heavy atom. The van der Waals surface area contributed by atoms with Crippen molar-refractivity contribution in [2.75, 3.05) is 10.2 Å². The molecule has 0 aromatic heterocycles. The molecule has 4 nitrogen and oxygen atoms in total. The summed E-state index contributed by atoms with van der Waals surface area (Å²) in [6, 6.07) is 14.7. The van der Waals surface area contributed by atoms with Crippen LogP contribution in [-0.2, 0) is 9.59 Å². The summed E-state index contributed by atoms with van der Waals surface area (Å²) in [6.45, 7) is 8.00. The van der Waals surface area contributed by atoms with Crippen molar-refractivity contribution in [1.82, 2.24) is 0 Å². The van der Waals surface area contributed by atoms with Crippen LogP contribution in [-0.4, -0.2) is 11.7 Å². The third kappa shape index (κ3) is 3.65. The fraction of sp³-hybridized carbons (Fsp3) is 0.360.